The third kappa shape index (κ3) is 5.17. The van der Waals surface area contributed by atoms with Gasteiger partial charge in [0.25, 0.3) is 0 Å². The molecule has 8 heteroatoms. The van der Waals surface area contributed by atoms with Crippen LogP contribution in [0.4, 0.5) is 0 Å². The van der Waals surface area contributed by atoms with Gasteiger partial charge in [0.05, 0.1) is 16.1 Å². The lowest BCUT2D eigenvalue weighted by Gasteiger charge is -2.27. The Kier molecular flexibility index (Phi) is 7.94. The molecule has 0 aromatic carbocycles. The molecule has 1 atom stereocenters. The minimum Gasteiger partial charge on any atom is -0.388 e. The van der Waals surface area contributed by atoms with Gasteiger partial charge in [-0.1, -0.05) is 61.7 Å². The lowest BCUT2D eigenvalue weighted by Crippen LogP contribution is -2.18. The summed E-state index contributed by atoms with van der Waals surface area (Å²) in [5.74, 6) is 0.653. The van der Waals surface area contributed by atoms with E-state index < -0.39 is 6.10 Å². The highest BCUT2D eigenvalue weighted by Crippen LogP contribution is 2.39. The van der Waals surface area contributed by atoms with Gasteiger partial charge in [0.15, 0.2) is 5.78 Å². The number of hydrogen-bond donors (Lipinski definition) is 3. The zero-order valence-corrected chi connectivity index (χ0v) is 21.8. The summed E-state index contributed by atoms with van der Waals surface area (Å²) in [6.45, 7) is 0. The maximum atomic E-state index is 12.6. The molecule has 36 heavy (non-hydrogen) atoms. The molecule has 2 aliphatic rings. The summed E-state index contributed by atoms with van der Waals surface area (Å²) < 4.78 is 0. The fourth-order valence-electron chi connectivity index (χ4n) is 5.79. The molecule has 0 radical (unpaired) electrons. The van der Waals surface area contributed by atoms with Crippen LogP contribution >= 0.6 is 23.2 Å². The predicted octanol–water partition coefficient (Wildman–Crippen LogP) is 7.81. The van der Waals surface area contributed by atoms with E-state index >= 15 is 0 Å². The van der Waals surface area contributed by atoms with Gasteiger partial charge in [-0.2, -0.15) is 0 Å². The van der Waals surface area contributed by atoms with E-state index in [1.54, 1.807) is 18.6 Å². The second kappa shape index (κ2) is 11.3. The highest BCUT2D eigenvalue weighted by Gasteiger charge is 2.27. The van der Waals surface area contributed by atoms with E-state index in [2.05, 4.69) is 19.9 Å². The van der Waals surface area contributed by atoms with Crippen molar-refractivity contribution in [3.8, 4) is 0 Å². The minimum atomic E-state index is -0.473. The van der Waals surface area contributed by atoms with Crippen molar-refractivity contribution in [2.24, 2.45) is 11.8 Å². The number of Topliss-reactive ketones (excluding diaryl/α,β-unsaturated/α-hetero) is 1. The van der Waals surface area contributed by atoms with Gasteiger partial charge in [-0.15, -0.1) is 0 Å². The number of halogens is 2. The Morgan fingerprint density at radius 1 is 0.833 bits per heavy atom. The lowest BCUT2D eigenvalue weighted by molar-refractivity contribution is 0.0861. The lowest BCUT2D eigenvalue weighted by atomic mass is 9.82. The average molecular weight is 527 g/mol. The largest absolute Gasteiger partial charge is 0.388 e. The predicted molar refractivity (Wildman–Crippen MR) is 145 cm³/mol. The van der Waals surface area contributed by atoms with Crippen LogP contribution in [0.15, 0.2) is 36.9 Å². The quantitative estimate of drug-likeness (QED) is 0.236. The summed E-state index contributed by atoms with van der Waals surface area (Å²) in [4.78, 5) is 27.1. The Balaban J connectivity index is 0.000000148. The number of carbonyl (C=O) groups excluding carboxylic acids is 1. The number of rotatable bonds is 4. The van der Waals surface area contributed by atoms with Gasteiger partial charge < -0.3 is 15.1 Å². The Bertz CT molecular complexity index is 1340. The Morgan fingerprint density at radius 3 is 2.06 bits per heavy atom. The molecule has 3 N–H and O–H groups in total. The van der Waals surface area contributed by atoms with Crippen molar-refractivity contribution in [3.63, 3.8) is 0 Å². The van der Waals surface area contributed by atoms with Gasteiger partial charge in [0.1, 0.15) is 11.3 Å². The zero-order valence-electron chi connectivity index (χ0n) is 20.3. The maximum absolute atomic E-state index is 12.6. The summed E-state index contributed by atoms with van der Waals surface area (Å²) in [6, 6.07) is 3.82. The normalized spacial score (nSPS) is 18.2. The molecule has 2 aliphatic carbocycles. The Morgan fingerprint density at radius 2 is 1.39 bits per heavy atom. The number of pyridine rings is 2. The first-order valence-corrected chi connectivity index (χ1v) is 13.8. The van der Waals surface area contributed by atoms with Crippen molar-refractivity contribution in [3.05, 3.63) is 58.1 Å². The molecule has 6 rings (SSSR count). The SMILES string of the molecule is O=C(c1c(Cl)cnc2[nH]ccc12)C1CCCCC1.OC(c1c(Cl)cnc2[nH]ccc12)C1CCCCC1. The molecule has 6 nitrogen and oxygen atoms in total. The molecule has 2 fully saturated rings. The molecule has 0 saturated heterocycles. The van der Waals surface area contributed by atoms with E-state index in [0.717, 1.165) is 66.2 Å². The number of fused-ring (bicyclic) bond motifs is 2. The van der Waals surface area contributed by atoms with E-state index in [0.29, 0.717) is 21.5 Å². The van der Waals surface area contributed by atoms with Crippen molar-refractivity contribution in [2.75, 3.05) is 0 Å². The number of aromatic amines is 2. The van der Waals surface area contributed by atoms with Crippen LogP contribution < -0.4 is 0 Å². The zero-order chi connectivity index (χ0) is 25.1. The molecular weight excluding hydrogens is 495 g/mol. The number of ketones is 1. The second-order valence-corrected chi connectivity index (χ2v) is 10.8. The summed E-state index contributed by atoms with van der Waals surface area (Å²) in [6.07, 6.45) is 17.8. The van der Waals surface area contributed by atoms with E-state index in [-0.39, 0.29) is 11.7 Å². The molecule has 2 saturated carbocycles. The van der Waals surface area contributed by atoms with E-state index in [9.17, 15) is 9.90 Å². The number of nitrogens with one attached hydrogen (secondary N) is 2. The molecule has 0 amide bonds. The van der Waals surface area contributed by atoms with Crippen molar-refractivity contribution in [1.29, 1.82) is 0 Å². The number of H-pyrrole nitrogens is 2. The third-order valence-corrected chi connectivity index (χ3v) is 8.32. The fraction of sp³-hybridized carbons (Fsp3) is 0.464. The third-order valence-electron chi connectivity index (χ3n) is 7.73. The Labute approximate surface area is 220 Å². The van der Waals surface area contributed by atoms with E-state index in [1.807, 2.05) is 18.3 Å². The van der Waals surface area contributed by atoms with Gasteiger partial charge in [0, 0.05) is 52.6 Å². The maximum Gasteiger partial charge on any atom is 0.168 e. The van der Waals surface area contributed by atoms with Crippen LogP contribution in [0.5, 0.6) is 0 Å². The average Bonchev–Trinajstić information content (AvgIpc) is 3.59. The van der Waals surface area contributed by atoms with Gasteiger partial charge in [-0.3, -0.25) is 4.79 Å². The first-order chi connectivity index (χ1) is 17.5. The topological polar surface area (TPSA) is 94.7 Å². The van der Waals surface area contributed by atoms with Gasteiger partial charge in [-0.05, 0) is 43.7 Å². The smallest absolute Gasteiger partial charge is 0.168 e. The number of carbonyl (C=O) groups is 1. The van der Waals surface area contributed by atoms with Gasteiger partial charge >= 0.3 is 0 Å². The van der Waals surface area contributed by atoms with Crippen LogP contribution in [-0.2, 0) is 0 Å². The fourth-order valence-corrected chi connectivity index (χ4v) is 6.30. The summed E-state index contributed by atoms with van der Waals surface area (Å²) in [5, 5.41) is 13.4. The second-order valence-electron chi connectivity index (χ2n) is 10.0. The van der Waals surface area contributed by atoms with E-state index in [4.69, 9.17) is 23.2 Å². The molecular formula is C28H32Cl2N4O2. The number of aromatic nitrogens is 4. The highest BCUT2D eigenvalue weighted by molar-refractivity contribution is 6.35. The van der Waals surface area contributed by atoms with Crippen molar-refractivity contribution >= 4 is 51.1 Å². The number of nitrogens with zero attached hydrogens (tertiary/aromatic N) is 2. The van der Waals surface area contributed by atoms with Crippen LogP contribution in [0.3, 0.4) is 0 Å². The number of aliphatic hydroxyl groups is 1. The van der Waals surface area contributed by atoms with Crippen molar-refractivity contribution in [2.45, 2.75) is 70.3 Å². The van der Waals surface area contributed by atoms with Crippen LogP contribution in [0.2, 0.25) is 10.0 Å². The van der Waals surface area contributed by atoms with Crippen LogP contribution in [-0.4, -0.2) is 30.8 Å². The minimum absolute atomic E-state index is 0.136. The van der Waals surface area contributed by atoms with Crippen LogP contribution in [0.1, 0.15) is 86.2 Å². The molecule has 1 unspecified atom stereocenters. The summed E-state index contributed by atoms with van der Waals surface area (Å²) in [7, 11) is 0. The van der Waals surface area contributed by atoms with Crippen LogP contribution in [0.25, 0.3) is 22.1 Å². The van der Waals surface area contributed by atoms with Gasteiger partial charge in [-0.25, -0.2) is 9.97 Å². The number of hydrogen-bond acceptors (Lipinski definition) is 4. The molecule has 190 valence electrons. The molecule has 4 aromatic rings. The highest BCUT2D eigenvalue weighted by atomic mass is 35.5. The molecule has 4 heterocycles. The molecule has 4 aromatic heterocycles. The van der Waals surface area contributed by atoms with E-state index in [1.165, 1.54) is 25.7 Å². The Hall–Kier alpha value is -2.41. The first-order valence-electron chi connectivity index (χ1n) is 13.0. The first kappa shape index (κ1) is 25.2. The monoisotopic (exact) mass is 526 g/mol. The van der Waals surface area contributed by atoms with Gasteiger partial charge in [0.2, 0.25) is 0 Å². The standard InChI is InChI=1S/C14H17ClN2O.C14H15ClN2O/c2*15-11-8-17-14-10(6-7-16-14)12(11)13(18)9-4-2-1-3-5-9/h6-9,13,18H,1-5H2,(H,16,17);6-9H,1-5H2,(H,16,17). The number of aliphatic hydroxyl groups excluding tert-OH is 1. The molecule has 0 aliphatic heterocycles. The molecule has 0 spiro atoms. The van der Waals surface area contributed by atoms with Crippen molar-refractivity contribution < 1.29 is 9.90 Å². The van der Waals surface area contributed by atoms with Crippen molar-refractivity contribution in [1.82, 2.24) is 19.9 Å². The summed E-state index contributed by atoms with van der Waals surface area (Å²) in [5.41, 5.74) is 3.02. The van der Waals surface area contributed by atoms with Crippen LogP contribution in [0, 0.1) is 11.8 Å². The molecule has 0 bridgehead atoms. The summed E-state index contributed by atoms with van der Waals surface area (Å²) >= 11 is 12.4.